The average Bonchev–Trinajstić information content (AvgIpc) is 2.66. The number of aliphatic hydroxyl groups is 1. The first-order valence-corrected chi connectivity index (χ1v) is 11.2. The SMILES string of the molecule is CSc1ccc([C@@H](O)CNS(=O)(=O)c2ccc(NC(=O)C(C)C)cc2)cc1. The summed E-state index contributed by atoms with van der Waals surface area (Å²) in [5.41, 5.74) is 1.17. The van der Waals surface area contributed by atoms with Gasteiger partial charge in [-0.05, 0) is 48.2 Å². The van der Waals surface area contributed by atoms with E-state index in [1.807, 2.05) is 18.4 Å². The molecule has 0 saturated carbocycles. The zero-order chi connectivity index (χ0) is 20.0. The Hall–Kier alpha value is -1.87. The van der Waals surface area contributed by atoms with Crippen LogP contribution in [0.1, 0.15) is 25.5 Å². The van der Waals surface area contributed by atoms with Gasteiger partial charge in [-0.1, -0.05) is 26.0 Å². The number of rotatable bonds is 8. The number of sulfonamides is 1. The van der Waals surface area contributed by atoms with E-state index in [4.69, 9.17) is 0 Å². The summed E-state index contributed by atoms with van der Waals surface area (Å²) in [5.74, 6) is -0.305. The molecule has 0 aliphatic carbocycles. The highest BCUT2D eigenvalue weighted by Gasteiger charge is 2.17. The fourth-order valence-electron chi connectivity index (χ4n) is 2.22. The fourth-order valence-corrected chi connectivity index (χ4v) is 3.67. The molecule has 0 aromatic heterocycles. The molecule has 3 N–H and O–H groups in total. The fraction of sp³-hybridized carbons (Fsp3) is 0.316. The third-order valence-corrected chi connectivity index (χ3v) is 6.11. The van der Waals surface area contributed by atoms with E-state index in [2.05, 4.69) is 10.0 Å². The van der Waals surface area contributed by atoms with Crippen molar-refractivity contribution in [2.45, 2.75) is 29.7 Å². The minimum absolute atomic E-state index is 0.0648. The summed E-state index contributed by atoms with van der Waals surface area (Å²) < 4.78 is 27.2. The highest BCUT2D eigenvalue weighted by molar-refractivity contribution is 7.98. The van der Waals surface area contributed by atoms with Crippen LogP contribution in [0.25, 0.3) is 0 Å². The maximum atomic E-state index is 12.4. The first-order valence-electron chi connectivity index (χ1n) is 8.45. The van der Waals surface area contributed by atoms with Crippen LogP contribution >= 0.6 is 11.8 Å². The lowest BCUT2D eigenvalue weighted by atomic mass is 10.1. The lowest BCUT2D eigenvalue weighted by Gasteiger charge is -2.13. The van der Waals surface area contributed by atoms with Crippen LogP contribution in [0, 0.1) is 5.92 Å². The molecule has 146 valence electrons. The second-order valence-corrected chi connectivity index (χ2v) is 8.96. The van der Waals surface area contributed by atoms with Crippen molar-refractivity contribution in [3.8, 4) is 0 Å². The summed E-state index contributed by atoms with van der Waals surface area (Å²) >= 11 is 1.59. The second-order valence-electron chi connectivity index (χ2n) is 6.31. The highest BCUT2D eigenvalue weighted by Crippen LogP contribution is 2.20. The first-order chi connectivity index (χ1) is 12.7. The number of carbonyl (C=O) groups excluding carboxylic acids is 1. The minimum atomic E-state index is -3.76. The van der Waals surface area contributed by atoms with Gasteiger partial charge >= 0.3 is 0 Å². The number of benzene rings is 2. The van der Waals surface area contributed by atoms with Gasteiger partial charge < -0.3 is 10.4 Å². The molecular weight excluding hydrogens is 384 g/mol. The quantitative estimate of drug-likeness (QED) is 0.584. The molecule has 2 rings (SSSR count). The molecule has 0 aliphatic heterocycles. The van der Waals surface area contributed by atoms with Crippen LogP contribution in [0.15, 0.2) is 58.3 Å². The van der Waals surface area contributed by atoms with Gasteiger partial charge in [0, 0.05) is 23.0 Å². The van der Waals surface area contributed by atoms with Gasteiger partial charge in [0.2, 0.25) is 15.9 Å². The summed E-state index contributed by atoms with van der Waals surface area (Å²) in [7, 11) is -3.76. The predicted octanol–water partition coefficient (Wildman–Crippen LogP) is 3.01. The van der Waals surface area contributed by atoms with Gasteiger partial charge in [0.15, 0.2) is 0 Å². The largest absolute Gasteiger partial charge is 0.387 e. The van der Waals surface area contributed by atoms with Gasteiger partial charge in [-0.3, -0.25) is 4.79 Å². The van der Waals surface area contributed by atoms with Gasteiger partial charge in [-0.25, -0.2) is 13.1 Å². The molecule has 0 unspecified atom stereocenters. The number of hydrogen-bond donors (Lipinski definition) is 3. The molecule has 2 aromatic carbocycles. The van der Waals surface area contributed by atoms with Crippen molar-refractivity contribution in [1.82, 2.24) is 4.72 Å². The molecule has 0 saturated heterocycles. The Morgan fingerprint density at radius 3 is 2.19 bits per heavy atom. The Balaban J connectivity index is 1.99. The van der Waals surface area contributed by atoms with Gasteiger partial charge in [0.1, 0.15) is 0 Å². The van der Waals surface area contributed by atoms with E-state index < -0.39 is 16.1 Å². The van der Waals surface area contributed by atoms with Gasteiger partial charge in [-0.2, -0.15) is 0 Å². The summed E-state index contributed by atoms with van der Waals surface area (Å²) in [6.45, 7) is 3.42. The number of nitrogens with one attached hydrogen (secondary N) is 2. The Bertz CT molecular complexity index is 864. The third kappa shape index (κ3) is 6.07. The zero-order valence-electron chi connectivity index (χ0n) is 15.5. The Morgan fingerprint density at radius 1 is 1.07 bits per heavy atom. The van der Waals surface area contributed by atoms with E-state index in [-0.39, 0.29) is 23.3 Å². The molecule has 0 spiro atoms. The Labute approximate surface area is 164 Å². The van der Waals surface area contributed by atoms with Crippen molar-refractivity contribution in [3.63, 3.8) is 0 Å². The molecule has 8 heteroatoms. The van der Waals surface area contributed by atoms with Crippen molar-refractivity contribution in [2.75, 3.05) is 18.1 Å². The number of anilines is 1. The van der Waals surface area contributed by atoms with E-state index >= 15 is 0 Å². The number of amides is 1. The van der Waals surface area contributed by atoms with Crippen LogP contribution in [0.5, 0.6) is 0 Å². The number of thioether (sulfide) groups is 1. The van der Waals surface area contributed by atoms with Crippen LogP contribution in [0.3, 0.4) is 0 Å². The van der Waals surface area contributed by atoms with Crippen LogP contribution < -0.4 is 10.0 Å². The van der Waals surface area contributed by atoms with E-state index in [0.717, 1.165) is 4.90 Å². The van der Waals surface area contributed by atoms with Crippen LogP contribution in [0.2, 0.25) is 0 Å². The van der Waals surface area contributed by atoms with Crippen molar-refractivity contribution < 1.29 is 18.3 Å². The normalized spacial score (nSPS) is 12.8. The predicted molar refractivity (Wildman–Crippen MR) is 108 cm³/mol. The molecule has 6 nitrogen and oxygen atoms in total. The lowest BCUT2D eigenvalue weighted by molar-refractivity contribution is -0.118. The van der Waals surface area contributed by atoms with E-state index in [1.165, 1.54) is 24.3 Å². The lowest BCUT2D eigenvalue weighted by Crippen LogP contribution is -2.28. The van der Waals surface area contributed by atoms with E-state index in [9.17, 15) is 18.3 Å². The van der Waals surface area contributed by atoms with Crippen molar-refractivity contribution in [2.24, 2.45) is 5.92 Å². The van der Waals surface area contributed by atoms with E-state index in [1.54, 1.807) is 37.7 Å². The van der Waals surface area contributed by atoms with Gasteiger partial charge in [-0.15, -0.1) is 11.8 Å². The molecule has 0 aliphatic rings. The number of hydrogen-bond acceptors (Lipinski definition) is 5. The molecule has 0 fully saturated rings. The first kappa shape index (κ1) is 21.4. The maximum Gasteiger partial charge on any atom is 0.240 e. The summed E-state index contributed by atoms with van der Waals surface area (Å²) in [5, 5.41) is 12.9. The average molecular weight is 409 g/mol. The van der Waals surface area contributed by atoms with Crippen molar-refractivity contribution >= 4 is 33.4 Å². The zero-order valence-corrected chi connectivity index (χ0v) is 17.1. The van der Waals surface area contributed by atoms with Crippen LogP contribution in [-0.4, -0.2) is 32.2 Å². The van der Waals surface area contributed by atoms with Gasteiger partial charge in [0.05, 0.1) is 11.0 Å². The molecule has 1 amide bonds. The molecular formula is C19H24N2O4S2. The van der Waals surface area contributed by atoms with Crippen molar-refractivity contribution in [1.29, 1.82) is 0 Å². The third-order valence-electron chi connectivity index (χ3n) is 3.92. The van der Waals surface area contributed by atoms with Gasteiger partial charge in [0.25, 0.3) is 0 Å². The highest BCUT2D eigenvalue weighted by atomic mass is 32.2. The molecule has 0 radical (unpaired) electrons. The summed E-state index contributed by atoms with van der Waals surface area (Å²) in [4.78, 5) is 12.8. The minimum Gasteiger partial charge on any atom is -0.387 e. The number of aliphatic hydroxyl groups excluding tert-OH is 1. The Kier molecular flexibility index (Phi) is 7.43. The van der Waals surface area contributed by atoms with Crippen LogP contribution in [-0.2, 0) is 14.8 Å². The maximum absolute atomic E-state index is 12.4. The smallest absolute Gasteiger partial charge is 0.240 e. The monoisotopic (exact) mass is 408 g/mol. The van der Waals surface area contributed by atoms with Crippen molar-refractivity contribution in [3.05, 3.63) is 54.1 Å². The molecule has 0 heterocycles. The standard InChI is InChI=1S/C19H24N2O4S2/c1-13(2)19(23)21-15-6-10-17(11-7-15)27(24,25)20-12-18(22)14-4-8-16(26-3)9-5-14/h4-11,13,18,20,22H,12H2,1-3H3,(H,21,23)/t18-/m0/s1. The van der Waals surface area contributed by atoms with E-state index in [0.29, 0.717) is 11.3 Å². The summed E-state index contributed by atoms with van der Waals surface area (Å²) in [6, 6.07) is 13.2. The molecule has 2 aromatic rings. The molecule has 27 heavy (non-hydrogen) atoms. The molecule has 1 atom stereocenters. The summed E-state index contributed by atoms with van der Waals surface area (Å²) in [6.07, 6.45) is 1.01. The number of carbonyl (C=O) groups is 1. The second kappa shape index (κ2) is 9.36. The topological polar surface area (TPSA) is 95.5 Å². The van der Waals surface area contributed by atoms with Crippen LogP contribution in [0.4, 0.5) is 5.69 Å². The molecule has 0 bridgehead atoms. The Morgan fingerprint density at radius 2 is 1.67 bits per heavy atom.